The molecule has 0 radical (unpaired) electrons. The molecule has 3 unspecified atom stereocenters. The number of carbonyl (C=O) groups excluding carboxylic acids is 3. The Hall–Kier alpha value is -3.60. The number of aliphatic hydroxyl groups excluding tert-OH is 1. The summed E-state index contributed by atoms with van der Waals surface area (Å²) in [6.07, 6.45) is 62.5. The van der Waals surface area contributed by atoms with E-state index in [4.69, 9.17) is 23.3 Å². The van der Waals surface area contributed by atoms with Crippen molar-refractivity contribution in [1.82, 2.24) is 0 Å². The van der Waals surface area contributed by atoms with E-state index in [0.717, 1.165) is 83.5 Å². The van der Waals surface area contributed by atoms with Gasteiger partial charge >= 0.3 is 25.7 Å². The van der Waals surface area contributed by atoms with Gasteiger partial charge in [-0.2, -0.15) is 0 Å². The van der Waals surface area contributed by atoms with E-state index < -0.39 is 57.8 Å². The van der Waals surface area contributed by atoms with Crippen LogP contribution in [0.3, 0.4) is 0 Å². The van der Waals surface area contributed by atoms with Crippen molar-refractivity contribution in [2.24, 2.45) is 0 Å². The largest absolute Gasteiger partial charge is 0.472 e. The Morgan fingerprint density at radius 1 is 0.403 bits per heavy atom. The standard InChI is InChI=1S/C60H101O11P/c1-4-7-10-13-16-19-22-25-27-28-30-33-36-39-42-45-48-51-60(64)71-57(53-67-58(62)49-46-43-40-37-34-31-24-21-18-15-12-9-6-3)55-69-72(65,66)68-54-56(52-61)70-59(63)50-47-44-41-38-35-32-29-26-23-20-17-14-11-8-5-2/h8-9,11-12,17-18,20-21,26,29,31,34-35,38,40,43,56-57,61H,4-7,10,13-16,19,22-25,27-28,30,32-33,36-37,39,41-42,44-55H2,1-3H3,(H,65,66)/b11-8-,12-9-,20-17-,21-18-,29-26-,34-31-,38-35-,43-40-. The van der Waals surface area contributed by atoms with Crippen molar-refractivity contribution in [3.63, 3.8) is 0 Å². The fraction of sp³-hybridized carbons (Fsp3) is 0.683. The van der Waals surface area contributed by atoms with E-state index in [1.807, 2.05) is 12.2 Å². The first kappa shape index (κ1) is 68.4. The van der Waals surface area contributed by atoms with Gasteiger partial charge < -0.3 is 24.2 Å². The Bertz CT molecular complexity index is 1580. The number of allylic oxidation sites excluding steroid dienone is 16. The summed E-state index contributed by atoms with van der Waals surface area (Å²) in [6, 6.07) is 0. The monoisotopic (exact) mass is 1030 g/mol. The first-order chi connectivity index (χ1) is 35.2. The quantitative estimate of drug-likeness (QED) is 0.0197. The lowest BCUT2D eigenvalue weighted by Crippen LogP contribution is -2.30. The van der Waals surface area contributed by atoms with Crippen LogP contribution in [0.15, 0.2) is 97.2 Å². The van der Waals surface area contributed by atoms with Crippen LogP contribution in [0, 0.1) is 0 Å². The van der Waals surface area contributed by atoms with E-state index in [1.54, 1.807) is 0 Å². The van der Waals surface area contributed by atoms with Crippen molar-refractivity contribution < 1.29 is 52.2 Å². The maximum absolute atomic E-state index is 12.9. The number of esters is 3. The zero-order valence-electron chi connectivity index (χ0n) is 45.4. The summed E-state index contributed by atoms with van der Waals surface area (Å²) >= 11 is 0. The average molecular weight is 1030 g/mol. The maximum Gasteiger partial charge on any atom is 0.472 e. The smallest absolute Gasteiger partial charge is 0.462 e. The van der Waals surface area contributed by atoms with Crippen LogP contribution in [0.25, 0.3) is 0 Å². The van der Waals surface area contributed by atoms with Gasteiger partial charge in [0, 0.05) is 19.3 Å². The predicted octanol–water partition coefficient (Wildman–Crippen LogP) is 16.5. The highest BCUT2D eigenvalue weighted by Crippen LogP contribution is 2.43. The van der Waals surface area contributed by atoms with E-state index in [2.05, 4.69) is 106 Å². The van der Waals surface area contributed by atoms with Crippen molar-refractivity contribution >= 4 is 25.7 Å². The van der Waals surface area contributed by atoms with Gasteiger partial charge in [0.25, 0.3) is 0 Å². The molecular weight excluding hydrogens is 928 g/mol. The van der Waals surface area contributed by atoms with Gasteiger partial charge in [-0.05, 0) is 83.5 Å². The van der Waals surface area contributed by atoms with Crippen LogP contribution >= 0.6 is 7.82 Å². The molecule has 0 saturated carbocycles. The van der Waals surface area contributed by atoms with E-state index in [0.29, 0.717) is 19.3 Å². The van der Waals surface area contributed by atoms with Gasteiger partial charge in [-0.15, -0.1) is 0 Å². The van der Waals surface area contributed by atoms with Crippen molar-refractivity contribution in [1.29, 1.82) is 0 Å². The minimum absolute atomic E-state index is 0.100. The number of ether oxygens (including phenoxy) is 3. The van der Waals surface area contributed by atoms with Crippen LogP contribution in [-0.4, -0.2) is 66.5 Å². The molecule has 0 aliphatic carbocycles. The first-order valence-corrected chi connectivity index (χ1v) is 29.6. The van der Waals surface area contributed by atoms with E-state index in [-0.39, 0.29) is 25.9 Å². The van der Waals surface area contributed by atoms with Crippen molar-refractivity contribution in [2.75, 3.05) is 26.4 Å². The highest BCUT2D eigenvalue weighted by Gasteiger charge is 2.28. The highest BCUT2D eigenvalue weighted by atomic mass is 31.2. The zero-order valence-corrected chi connectivity index (χ0v) is 46.3. The van der Waals surface area contributed by atoms with Crippen molar-refractivity contribution in [3.05, 3.63) is 97.2 Å². The average Bonchev–Trinajstić information content (AvgIpc) is 3.37. The lowest BCUT2D eigenvalue weighted by Gasteiger charge is -2.21. The van der Waals surface area contributed by atoms with Crippen molar-refractivity contribution in [2.45, 2.75) is 238 Å². The lowest BCUT2D eigenvalue weighted by molar-refractivity contribution is -0.161. The molecule has 0 aromatic rings. The molecule has 72 heavy (non-hydrogen) atoms. The van der Waals surface area contributed by atoms with E-state index >= 15 is 0 Å². The molecule has 2 N–H and O–H groups in total. The summed E-state index contributed by atoms with van der Waals surface area (Å²) in [5.74, 6) is -1.61. The Balaban J connectivity index is 4.81. The number of phosphoric acid groups is 1. The van der Waals surface area contributed by atoms with Crippen LogP contribution in [-0.2, 0) is 42.2 Å². The SMILES string of the molecule is CC/C=C\C/C=C\C/C=C\C/C=C\CCCCC(=O)OC(CO)COP(=O)(O)OCC(COC(=O)CC/C=C\C/C=C\C/C=C\C/C=C\CC)OC(=O)CCCCCCCCCCCCCCCCCCC. The Morgan fingerprint density at radius 3 is 1.17 bits per heavy atom. The number of aliphatic hydroxyl groups is 1. The summed E-state index contributed by atoms with van der Waals surface area (Å²) in [5, 5.41) is 9.79. The van der Waals surface area contributed by atoms with Crippen LogP contribution in [0.2, 0.25) is 0 Å². The molecule has 0 aliphatic heterocycles. The van der Waals surface area contributed by atoms with Gasteiger partial charge in [-0.25, -0.2) is 4.57 Å². The molecule has 0 aliphatic rings. The van der Waals surface area contributed by atoms with Gasteiger partial charge in [0.15, 0.2) is 6.10 Å². The first-order valence-electron chi connectivity index (χ1n) is 28.1. The van der Waals surface area contributed by atoms with Gasteiger partial charge in [0.2, 0.25) is 0 Å². The third-order valence-corrected chi connectivity index (χ3v) is 12.5. The van der Waals surface area contributed by atoms with Crippen LogP contribution in [0.1, 0.15) is 226 Å². The maximum atomic E-state index is 12.9. The van der Waals surface area contributed by atoms with Crippen LogP contribution in [0.4, 0.5) is 0 Å². The predicted molar refractivity (Wildman–Crippen MR) is 297 cm³/mol. The second-order valence-corrected chi connectivity index (χ2v) is 19.8. The Morgan fingerprint density at radius 2 is 0.750 bits per heavy atom. The number of unbranched alkanes of at least 4 members (excludes halogenated alkanes) is 18. The molecule has 0 bridgehead atoms. The normalized spacial score (nSPS) is 14.1. The molecule has 12 heteroatoms. The summed E-state index contributed by atoms with van der Waals surface area (Å²) in [6.45, 7) is 4.29. The zero-order chi connectivity index (χ0) is 52.7. The molecule has 412 valence electrons. The fourth-order valence-electron chi connectivity index (χ4n) is 7.30. The molecule has 0 spiro atoms. The van der Waals surface area contributed by atoms with Crippen LogP contribution in [0.5, 0.6) is 0 Å². The number of phosphoric ester groups is 1. The molecule has 0 fully saturated rings. The molecule has 0 aromatic heterocycles. The highest BCUT2D eigenvalue weighted by molar-refractivity contribution is 7.47. The molecule has 3 atom stereocenters. The van der Waals surface area contributed by atoms with Gasteiger partial charge in [-0.1, -0.05) is 221 Å². The third-order valence-electron chi connectivity index (χ3n) is 11.5. The number of carbonyl (C=O) groups is 3. The fourth-order valence-corrected chi connectivity index (χ4v) is 8.09. The summed E-state index contributed by atoms with van der Waals surface area (Å²) in [5.41, 5.74) is 0. The van der Waals surface area contributed by atoms with Crippen molar-refractivity contribution in [3.8, 4) is 0 Å². The minimum Gasteiger partial charge on any atom is -0.462 e. The molecule has 0 aromatic carbocycles. The number of rotatable bonds is 51. The van der Waals surface area contributed by atoms with Gasteiger partial charge in [0.1, 0.15) is 12.7 Å². The molecule has 0 heterocycles. The molecule has 0 saturated heterocycles. The van der Waals surface area contributed by atoms with E-state index in [9.17, 15) is 28.9 Å². The minimum atomic E-state index is -4.77. The number of hydrogen-bond donors (Lipinski definition) is 2. The molecule has 11 nitrogen and oxygen atoms in total. The van der Waals surface area contributed by atoms with Gasteiger partial charge in [-0.3, -0.25) is 23.4 Å². The lowest BCUT2D eigenvalue weighted by atomic mass is 10.0. The third kappa shape index (κ3) is 51.3. The summed E-state index contributed by atoms with van der Waals surface area (Å²) in [4.78, 5) is 48.4. The Labute approximate surface area is 438 Å². The number of hydrogen-bond acceptors (Lipinski definition) is 10. The second kappa shape index (κ2) is 53.7. The summed E-state index contributed by atoms with van der Waals surface area (Å²) in [7, 11) is -4.77. The molecular formula is C60H101O11P. The van der Waals surface area contributed by atoms with Gasteiger partial charge in [0.05, 0.1) is 19.8 Å². The second-order valence-electron chi connectivity index (χ2n) is 18.3. The topological polar surface area (TPSA) is 155 Å². The summed E-state index contributed by atoms with van der Waals surface area (Å²) < 4.78 is 39.3. The molecule has 0 rings (SSSR count). The molecule has 0 amide bonds. The van der Waals surface area contributed by atoms with E-state index in [1.165, 1.54) is 83.5 Å². The van der Waals surface area contributed by atoms with Crippen LogP contribution < -0.4 is 0 Å². The Kier molecular flexibility index (Phi) is 51.0.